The maximum Gasteiger partial charge on any atom is 0.246 e. The van der Waals surface area contributed by atoms with Crippen molar-refractivity contribution >= 4 is 17.9 Å². The summed E-state index contributed by atoms with van der Waals surface area (Å²) in [5.41, 5.74) is 3.63. The summed E-state index contributed by atoms with van der Waals surface area (Å²) in [5, 5.41) is 7.34. The first-order valence-electron chi connectivity index (χ1n) is 12.1. The van der Waals surface area contributed by atoms with Crippen molar-refractivity contribution in [3.8, 4) is 11.3 Å². The highest BCUT2D eigenvalue weighted by Crippen LogP contribution is 2.21. The first-order chi connectivity index (χ1) is 17.0. The Morgan fingerprint density at radius 2 is 1.83 bits per heavy atom. The lowest BCUT2D eigenvalue weighted by Crippen LogP contribution is -2.43. The van der Waals surface area contributed by atoms with Gasteiger partial charge >= 0.3 is 0 Å². The fourth-order valence-electron chi connectivity index (χ4n) is 4.37. The van der Waals surface area contributed by atoms with Gasteiger partial charge in [0, 0.05) is 49.9 Å². The van der Waals surface area contributed by atoms with Crippen LogP contribution in [0.15, 0.2) is 66.7 Å². The van der Waals surface area contributed by atoms with Crippen LogP contribution in [0.25, 0.3) is 17.3 Å². The SMILES string of the molecule is CN(CCCc1cc(-c2ccc(F)cc2)n[nH]1)C(=O)C1CCN(C(=O)C=Cc2ccccc2)CC1. The van der Waals surface area contributed by atoms with Crippen LogP contribution in [0.3, 0.4) is 0 Å². The van der Waals surface area contributed by atoms with E-state index in [2.05, 4.69) is 10.2 Å². The number of halogens is 1. The topological polar surface area (TPSA) is 69.3 Å². The van der Waals surface area contributed by atoms with E-state index in [1.165, 1.54) is 12.1 Å². The molecule has 1 aromatic heterocycles. The molecule has 1 aliphatic heterocycles. The molecule has 182 valence electrons. The zero-order valence-electron chi connectivity index (χ0n) is 20.0. The number of aromatic amines is 1. The standard InChI is InChI=1S/C28H31FN4O2/c1-32(17-5-8-25-20-26(31-30-25)22-10-12-24(29)13-11-22)28(35)23-15-18-33(19-16-23)27(34)14-9-21-6-3-2-4-7-21/h2-4,6-7,9-14,20,23H,5,8,15-19H2,1H3,(H,30,31). The van der Waals surface area contributed by atoms with Gasteiger partial charge in [0.2, 0.25) is 11.8 Å². The third-order valence-electron chi connectivity index (χ3n) is 6.46. The van der Waals surface area contributed by atoms with Gasteiger partial charge in [-0.2, -0.15) is 5.10 Å². The summed E-state index contributed by atoms with van der Waals surface area (Å²) in [6, 6.07) is 18.0. The highest BCUT2D eigenvalue weighted by atomic mass is 19.1. The third kappa shape index (κ3) is 6.66. The maximum atomic E-state index is 13.1. The second kappa shape index (κ2) is 11.6. The second-order valence-electron chi connectivity index (χ2n) is 8.99. The van der Waals surface area contributed by atoms with Gasteiger partial charge in [-0.1, -0.05) is 30.3 Å². The number of aryl methyl sites for hydroxylation is 1. The fourth-order valence-corrected chi connectivity index (χ4v) is 4.37. The molecule has 0 aliphatic carbocycles. The van der Waals surface area contributed by atoms with E-state index >= 15 is 0 Å². The number of H-pyrrole nitrogens is 1. The van der Waals surface area contributed by atoms with E-state index in [0.717, 1.165) is 35.4 Å². The molecule has 2 heterocycles. The van der Waals surface area contributed by atoms with Crippen LogP contribution in [-0.4, -0.2) is 58.5 Å². The number of hydrogen-bond donors (Lipinski definition) is 1. The van der Waals surface area contributed by atoms with Gasteiger partial charge in [0.15, 0.2) is 0 Å². The van der Waals surface area contributed by atoms with E-state index in [1.807, 2.05) is 54.4 Å². The lowest BCUT2D eigenvalue weighted by Gasteiger charge is -2.32. The molecule has 2 aromatic carbocycles. The number of nitrogens with one attached hydrogen (secondary N) is 1. The lowest BCUT2D eigenvalue weighted by atomic mass is 9.95. The van der Waals surface area contributed by atoms with Crippen LogP contribution in [0.2, 0.25) is 0 Å². The Morgan fingerprint density at radius 3 is 2.54 bits per heavy atom. The molecule has 0 spiro atoms. The average Bonchev–Trinajstić information content (AvgIpc) is 3.37. The van der Waals surface area contributed by atoms with Crippen LogP contribution in [0, 0.1) is 11.7 Å². The molecule has 7 heteroatoms. The largest absolute Gasteiger partial charge is 0.346 e. The molecule has 0 unspecified atom stereocenters. The predicted octanol–water partition coefficient (Wildman–Crippen LogP) is 4.56. The average molecular weight is 475 g/mol. The van der Waals surface area contributed by atoms with Crippen molar-refractivity contribution in [2.75, 3.05) is 26.7 Å². The Balaban J connectivity index is 1.19. The highest BCUT2D eigenvalue weighted by Gasteiger charge is 2.28. The lowest BCUT2D eigenvalue weighted by molar-refractivity contribution is -0.138. The minimum absolute atomic E-state index is 0.00679. The molecule has 35 heavy (non-hydrogen) atoms. The number of piperidine rings is 1. The second-order valence-corrected chi connectivity index (χ2v) is 8.99. The number of benzene rings is 2. The molecule has 0 radical (unpaired) electrons. The molecule has 0 atom stereocenters. The van der Waals surface area contributed by atoms with Crippen molar-refractivity contribution in [2.45, 2.75) is 25.7 Å². The Labute approximate surface area is 205 Å². The molecular weight excluding hydrogens is 443 g/mol. The predicted molar refractivity (Wildman–Crippen MR) is 135 cm³/mol. The van der Waals surface area contributed by atoms with Crippen molar-refractivity contribution in [3.05, 3.63) is 83.8 Å². The summed E-state index contributed by atoms with van der Waals surface area (Å²) < 4.78 is 13.1. The highest BCUT2D eigenvalue weighted by molar-refractivity contribution is 5.92. The zero-order chi connectivity index (χ0) is 24.6. The number of likely N-dealkylation sites (tertiary alicyclic amines) is 1. The van der Waals surface area contributed by atoms with Gasteiger partial charge < -0.3 is 9.80 Å². The van der Waals surface area contributed by atoms with Crippen LogP contribution in [0.5, 0.6) is 0 Å². The monoisotopic (exact) mass is 474 g/mol. The van der Waals surface area contributed by atoms with Gasteiger partial charge in [-0.25, -0.2) is 4.39 Å². The van der Waals surface area contributed by atoms with E-state index in [0.29, 0.717) is 32.5 Å². The molecule has 0 saturated carbocycles. The molecule has 2 amide bonds. The number of amides is 2. The Morgan fingerprint density at radius 1 is 1.11 bits per heavy atom. The van der Waals surface area contributed by atoms with Gasteiger partial charge in [-0.05, 0) is 67.7 Å². The number of aromatic nitrogens is 2. The Bertz CT molecular complexity index is 1150. The summed E-state index contributed by atoms with van der Waals surface area (Å²) >= 11 is 0. The molecule has 0 bridgehead atoms. The van der Waals surface area contributed by atoms with E-state index < -0.39 is 0 Å². The van der Waals surface area contributed by atoms with E-state index in [1.54, 1.807) is 23.1 Å². The van der Waals surface area contributed by atoms with Gasteiger partial charge in [-0.3, -0.25) is 14.7 Å². The molecule has 6 nitrogen and oxygen atoms in total. The summed E-state index contributed by atoms with van der Waals surface area (Å²) in [5.74, 6) is -0.171. The van der Waals surface area contributed by atoms with E-state index in [4.69, 9.17) is 0 Å². The minimum Gasteiger partial charge on any atom is -0.346 e. The molecule has 1 N–H and O–H groups in total. The zero-order valence-corrected chi connectivity index (χ0v) is 20.0. The molecule has 3 aromatic rings. The smallest absolute Gasteiger partial charge is 0.246 e. The van der Waals surface area contributed by atoms with Gasteiger partial charge in [-0.15, -0.1) is 0 Å². The Kier molecular flexibility index (Phi) is 8.08. The van der Waals surface area contributed by atoms with Gasteiger partial charge in [0.05, 0.1) is 5.69 Å². The van der Waals surface area contributed by atoms with Crippen LogP contribution in [-0.2, 0) is 16.0 Å². The van der Waals surface area contributed by atoms with Crippen LogP contribution in [0.4, 0.5) is 4.39 Å². The van der Waals surface area contributed by atoms with Crippen LogP contribution in [0.1, 0.15) is 30.5 Å². The van der Waals surface area contributed by atoms with Crippen LogP contribution >= 0.6 is 0 Å². The summed E-state index contributed by atoms with van der Waals surface area (Å²) in [6.07, 6.45) is 6.41. The minimum atomic E-state index is -0.269. The number of rotatable bonds is 8. The normalized spacial score (nSPS) is 14.4. The molecular formula is C28H31FN4O2. The third-order valence-corrected chi connectivity index (χ3v) is 6.46. The number of nitrogens with zero attached hydrogens (tertiary/aromatic N) is 3. The molecule has 1 fully saturated rings. The molecule has 4 rings (SSSR count). The quantitative estimate of drug-likeness (QED) is 0.487. The number of hydrogen-bond acceptors (Lipinski definition) is 3. The van der Waals surface area contributed by atoms with Gasteiger partial charge in [0.25, 0.3) is 0 Å². The van der Waals surface area contributed by atoms with Crippen molar-refractivity contribution < 1.29 is 14.0 Å². The number of carbonyl (C=O) groups is 2. The summed E-state index contributed by atoms with van der Waals surface area (Å²) in [4.78, 5) is 29.0. The first-order valence-corrected chi connectivity index (χ1v) is 12.1. The first kappa shape index (κ1) is 24.4. The summed E-state index contributed by atoms with van der Waals surface area (Å²) in [6.45, 7) is 1.85. The summed E-state index contributed by atoms with van der Waals surface area (Å²) in [7, 11) is 1.85. The van der Waals surface area contributed by atoms with E-state index in [-0.39, 0.29) is 23.5 Å². The molecule has 1 aliphatic rings. The maximum absolute atomic E-state index is 13.1. The van der Waals surface area contributed by atoms with Crippen LogP contribution < -0.4 is 0 Å². The van der Waals surface area contributed by atoms with E-state index in [9.17, 15) is 14.0 Å². The van der Waals surface area contributed by atoms with Crippen molar-refractivity contribution in [1.82, 2.24) is 20.0 Å². The Hall–Kier alpha value is -3.74. The molecule has 1 saturated heterocycles. The van der Waals surface area contributed by atoms with Gasteiger partial charge in [0.1, 0.15) is 5.82 Å². The van der Waals surface area contributed by atoms with Crippen molar-refractivity contribution in [3.63, 3.8) is 0 Å². The number of carbonyl (C=O) groups excluding carboxylic acids is 2. The van der Waals surface area contributed by atoms with Crippen molar-refractivity contribution in [2.24, 2.45) is 5.92 Å². The van der Waals surface area contributed by atoms with Crippen molar-refractivity contribution in [1.29, 1.82) is 0 Å². The fraction of sp³-hybridized carbons (Fsp3) is 0.321.